The van der Waals surface area contributed by atoms with E-state index in [-0.39, 0.29) is 5.54 Å². The summed E-state index contributed by atoms with van der Waals surface area (Å²) in [6.45, 7) is 10.5. The van der Waals surface area contributed by atoms with Gasteiger partial charge >= 0.3 is 0 Å². The van der Waals surface area contributed by atoms with Gasteiger partial charge in [-0.3, -0.25) is 4.90 Å². The summed E-state index contributed by atoms with van der Waals surface area (Å²) in [6, 6.07) is 0.690. The van der Waals surface area contributed by atoms with Crippen molar-refractivity contribution in [1.82, 2.24) is 9.80 Å². The highest BCUT2D eigenvalue weighted by Crippen LogP contribution is 2.42. The number of nitrogens with two attached hydrogens (primary N) is 1. The minimum atomic E-state index is 0.269. The monoisotopic (exact) mass is 267 g/mol. The molecule has 0 amide bonds. The van der Waals surface area contributed by atoms with Crippen LogP contribution in [-0.4, -0.2) is 55.1 Å². The van der Waals surface area contributed by atoms with Gasteiger partial charge in [0.1, 0.15) is 0 Å². The van der Waals surface area contributed by atoms with Gasteiger partial charge in [0.25, 0.3) is 0 Å². The Morgan fingerprint density at radius 2 is 1.89 bits per heavy atom. The third kappa shape index (κ3) is 2.70. The zero-order chi connectivity index (χ0) is 14.2. The normalized spacial score (nSPS) is 45.0. The first kappa shape index (κ1) is 15.3. The fraction of sp³-hybridized carbons (Fsp3) is 1.00. The first-order valence-corrected chi connectivity index (χ1v) is 8.02. The van der Waals surface area contributed by atoms with Gasteiger partial charge in [0.05, 0.1) is 0 Å². The first-order valence-electron chi connectivity index (χ1n) is 8.02. The molecule has 2 N–H and O–H groups in total. The lowest BCUT2D eigenvalue weighted by Gasteiger charge is -2.50. The molecule has 19 heavy (non-hydrogen) atoms. The summed E-state index contributed by atoms with van der Waals surface area (Å²) in [7, 11) is 4.43. The van der Waals surface area contributed by atoms with Crippen LogP contribution in [0.1, 0.15) is 40.0 Å². The van der Waals surface area contributed by atoms with E-state index in [4.69, 9.17) is 5.73 Å². The maximum Gasteiger partial charge on any atom is 0.0358 e. The van der Waals surface area contributed by atoms with Gasteiger partial charge in [0, 0.05) is 31.2 Å². The molecular weight excluding hydrogens is 234 g/mol. The average Bonchev–Trinajstić information content (AvgIpc) is 2.72. The second-order valence-corrected chi connectivity index (χ2v) is 7.50. The van der Waals surface area contributed by atoms with Gasteiger partial charge in [-0.1, -0.05) is 20.8 Å². The Balaban J connectivity index is 2.14. The summed E-state index contributed by atoms with van der Waals surface area (Å²) in [4.78, 5) is 5.13. The fourth-order valence-electron chi connectivity index (χ4n) is 4.57. The van der Waals surface area contributed by atoms with E-state index in [1.807, 2.05) is 0 Å². The standard InChI is InChI=1S/C16H33N3/c1-12-6-7-16(11-17,14(3)8-12)19-9-13(2)15(10-19)18(4)5/h12-15H,6-11,17H2,1-5H3. The third-order valence-corrected chi connectivity index (χ3v) is 5.96. The number of nitrogens with zero attached hydrogens (tertiary/aromatic N) is 2. The van der Waals surface area contributed by atoms with E-state index in [2.05, 4.69) is 44.7 Å². The lowest BCUT2D eigenvalue weighted by Crippen LogP contribution is -2.59. The molecule has 2 rings (SSSR count). The average molecular weight is 267 g/mol. The van der Waals surface area contributed by atoms with Gasteiger partial charge < -0.3 is 10.6 Å². The van der Waals surface area contributed by atoms with Crippen LogP contribution in [0.15, 0.2) is 0 Å². The Hall–Kier alpha value is -0.120. The van der Waals surface area contributed by atoms with E-state index in [1.54, 1.807) is 0 Å². The van der Waals surface area contributed by atoms with Crippen molar-refractivity contribution >= 4 is 0 Å². The summed E-state index contributed by atoms with van der Waals surface area (Å²) in [5.41, 5.74) is 6.54. The Morgan fingerprint density at radius 1 is 1.21 bits per heavy atom. The summed E-state index contributed by atoms with van der Waals surface area (Å²) in [6.07, 6.45) is 3.98. The topological polar surface area (TPSA) is 32.5 Å². The maximum atomic E-state index is 6.27. The van der Waals surface area contributed by atoms with Crippen LogP contribution in [-0.2, 0) is 0 Å². The molecule has 0 radical (unpaired) electrons. The second-order valence-electron chi connectivity index (χ2n) is 7.50. The van der Waals surface area contributed by atoms with Crippen molar-refractivity contribution < 1.29 is 0 Å². The zero-order valence-corrected chi connectivity index (χ0v) is 13.5. The number of likely N-dealkylation sites (N-methyl/N-ethyl adjacent to an activating group) is 1. The molecule has 0 aromatic rings. The molecular formula is C16H33N3. The smallest absolute Gasteiger partial charge is 0.0358 e. The number of hydrogen-bond acceptors (Lipinski definition) is 3. The molecule has 2 aliphatic rings. The van der Waals surface area contributed by atoms with E-state index in [0.717, 1.165) is 24.3 Å². The molecule has 3 nitrogen and oxygen atoms in total. The van der Waals surface area contributed by atoms with Gasteiger partial charge in [-0.15, -0.1) is 0 Å². The number of rotatable bonds is 3. The summed E-state index contributed by atoms with van der Waals surface area (Å²) in [5.74, 6) is 2.36. The van der Waals surface area contributed by atoms with Crippen LogP contribution in [0.3, 0.4) is 0 Å². The van der Waals surface area contributed by atoms with Gasteiger partial charge in [0.15, 0.2) is 0 Å². The molecule has 1 saturated carbocycles. The van der Waals surface area contributed by atoms with Gasteiger partial charge in [-0.25, -0.2) is 0 Å². The van der Waals surface area contributed by atoms with Crippen molar-refractivity contribution in [3.05, 3.63) is 0 Å². The van der Waals surface area contributed by atoms with Crippen LogP contribution >= 0.6 is 0 Å². The number of hydrogen-bond donors (Lipinski definition) is 1. The van der Waals surface area contributed by atoms with Crippen molar-refractivity contribution in [3.8, 4) is 0 Å². The fourth-order valence-corrected chi connectivity index (χ4v) is 4.57. The molecule has 1 heterocycles. The van der Waals surface area contributed by atoms with Gasteiger partial charge in [-0.2, -0.15) is 0 Å². The van der Waals surface area contributed by atoms with E-state index < -0.39 is 0 Å². The Labute approximate surface area is 119 Å². The summed E-state index contributed by atoms with van der Waals surface area (Å²) < 4.78 is 0. The Kier molecular flexibility index (Phi) is 4.59. The lowest BCUT2D eigenvalue weighted by atomic mass is 9.69. The molecule has 3 heteroatoms. The molecule has 0 aromatic heterocycles. The largest absolute Gasteiger partial charge is 0.329 e. The molecule has 1 saturated heterocycles. The number of likely N-dealkylation sites (tertiary alicyclic amines) is 1. The third-order valence-electron chi connectivity index (χ3n) is 5.96. The first-order chi connectivity index (χ1) is 8.90. The highest BCUT2D eigenvalue weighted by molar-refractivity contribution is 5.04. The highest BCUT2D eigenvalue weighted by atomic mass is 15.3. The van der Waals surface area contributed by atoms with Crippen LogP contribution < -0.4 is 5.73 Å². The quantitative estimate of drug-likeness (QED) is 0.849. The molecule has 0 spiro atoms. The molecule has 2 fully saturated rings. The predicted molar refractivity (Wildman–Crippen MR) is 82.2 cm³/mol. The summed E-state index contributed by atoms with van der Waals surface area (Å²) >= 11 is 0. The molecule has 0 bridgehead atoms. The van der Waals surface area contributed by atoms with Crippen LogP contribution in [0.25, 0.3) is 0 Å². The lowest BCUT2D eigenvalue weighted by molar-refractivity contribution is 0.0116. The van der Waals surface area contributed by atoms with Crippen LogP contribution in [0, 0.1) is 17.8 Å². The van der Waals surface area contributed by atoms with Crippen molar-refractivity contribution in [1.29, 1.82) is 0 Å². The maximum absolute atomic E-state index is 6.27. The van der Waals surface area contributed by atoms with Gasteiger partial charge in [0.2, 0.25) is 0 Å². The van der Waals surface area contributed by atoms with Crippen LogP contribution in [0.2, 0.25) is 0 Å². The van der Waals surface area contributed by atoms with E-state index >= 15 is 0 Å². The van der Waals surface area contributed by atoms with Crippen molar-refractivity contribution in [3.63, 3.8) is 0 Å². The molecule has 1 aliphatic heterocycles. The van der Waals surface area contributed by atoms with Crippen molar-refractivity contribution in [2.75, 3.05) is 33.7 Å². The van der Waals surface area contributed by atoms with Crippen LogP contribution in [0.5, 0.6) is 0 Å². The SMILES string of the molecule is CC1CCC(CN)(N2CC(C)C(N(C)C)C2)C(C)C1. The van der Waals surface area contributed by atoms with E-state index in [1.165, 1.54) is 32.4 Å². The van der Waals surface area contributed by atoms with Crippen molar-refractivity contribution in [2.45, 2.75) is 51.6 Å². The summed E-state index contributed by atoms with van der Waals surface area (Å²) in [5, 5.41) is 0. The molecule has 0 aromatic carbocycles. The predicted octanol–water partition coefficient (Wildman–Crippen LogP) is 2.02. The van der Waals surface area contributed by atoms with Crippen molar-refractivity contribution in [2.24, 2.45) is 23.5 Å². The Bertz CT molecular complexity index is 304. The molecule has 1 aliphatic carbocycles. The molecule has 5 unspecified atom stereocenters. The zero-order valence-electron chi connectivity index (χ0n) is 13.5. The minimum absolute atomic E-state index is 0.269. The second kappa shape index (κ2) is 5.71. The van der Waals surface area contributed by atoms with E-state index in [9.17, 15) is 0 Å². The minimum Gasteiger partial charge on any atom is -0.329 e. The van der Waals surface area contributed by atoms with Gasteiger partial charge in [-0.05, 0) is 51.1 Å². The highest BCUT2D eigenvalue weighted by Gasteiger charge is 2.47. The van der Waals surface area contributed by atoms with E-state index in [0.29, 0.717) is 6.04 Å². The Morgan fingerprint density at radius 3 is 2.37 bits per heavy atom. The molecule has 112 valence electrons. The molecule has 5 atom stereocenters. The van der Waals surface area contributed by atoms with Crippen LogP contribution in [0.4, 0.5) is 0 Å².